The van der Waals surface area contributed by atoms with Crippen molar-refractivity contribution in [3.05, 3.63) is 57.5 Å². The molecule has 5 nitrogen and oxygen atoms in total. The number of nitrogens with zero attached hydrogens (tertiary/aromatic N) is 3. The summed E-state index contributed by atoms with van der Waals surface area (Å²) < 4.78 is 6.98. The number of hydrogen-bond donors (Lipinski definition) is 0. The van der Waals surface area contributed by atoms with Crippen LogP contribution in [0.4, 0.5) is 0 Å². The van der Waals surface area contributed by atoms with Crippen LogP contribution in [0.1, 0.15) is 43.6 Å². The molecule has 0 bridgehead atoms. The molecule has 1 aromatic carbocycles. The Balaban J connectivity index is 1.70. The molecule has 3 aromatic rings. The van der Waals surface area contributed by atoms with Gasteiger partial charge in [0, 0.05) is 4.88 Å². The van der Waals surface area contributed by atoms with Crippen molar-refractivity contribution in [1.82, 2.24) is 9.66 Å². The number of hydrogen-bond acceptors (Lipinski definition) is 5. The zero-order valence-electron chi connectivity index (χ0n) is 15.1. The monoisotopic (exact) mass is 369 g/mol. The normalized spacial score (nSPS) is 11.5. The summed E-state index contributed by atoms with van der Waals surface area (Å²) in [5.41, 5.74) is 0.760. The second-order valence-electron chi connectivity index (χ2n) is 6.05. The van der Waals surface area contributed by atoms with Crippen molar-refractivity contribution in [3.63, 3.8) is 0 Å². The first-order valence-corrected chi connectivity index (χ1v) is 9.80. The second-order valence-corrected chi connectivity index (χ2v) is 7.16. The Morgan fingerprint density at radius 1 is 1.23 bits per heavy atom. The topological polar surface area (TPSA) is 56.5 Å². The van der Waals surface area contributed by atoms with Crippen molar-refractivity contribution in [1.29, 1.82) is 0 Å². The van der Waals surface area contributed by atoms with Gasteiger partial charge in [0.1, 0.15) is 16.9 Å². The average molecular weight is 369 g/mol. The fraction of sp³-hybridized carbons (Fsp3) is 0.350. The van der Waals surface area contributed by atoms with Crippen molar-refractivity contribution in [2.45, 2.75) is 39.5 Å². The maximum atomic E-state index is 12.5. The average Bonchev–Trinajstić information content (AvgIpc) is 3.10. The first-order valence-electron chi connectivity index (χ1n) is 8.98. The zero-order valence-corrected chi connectivity index (χ0v) is 16.0. The third-order valence-corrected chi connectivity index (χ3v) is 5.25. The molecule has 136 valence electrons. The van der Waals surface area contributed by atoms with Crippen LogP contribution in [0, 0.1) is 0 Å². The maximum absolute atomic E-state index is 12.5. The number of ether oxygens (including phenoxy) is 1. The highest BCUT2D eigenvalue weighted by molar-refractivity contribution is 7.18. The number of unbranched alkanes of at least 4 members (excludes halogenated alkanes) is 2. The van der Waals surface area contributed by atoms with Gasteiger partial charge in [-0.15, -0.1) is 11.3 Å². The summed E-state index contributed by atoms with van der Waals surface area (Å²) in [6.07, 6.45) is 7.47. The minimum Gasteiger partial charge on any atom is -0.494 e. The number of benzene rings is 1. The van der Waals surface area contributed by atoms with E-state index in [1.54, 1.807) is 17.6 Å². The number of rotatable bonds is 8. The lowest BCUT2D eigenvalue weighted by atomic mass is 10.2. The van der Waals surface area contributed by atoms with E-state index in [1.807, 2.05) is 30.3 Å². The Morgan fingerprint density at radius 2 is 2.04 bits per heavy atom. The van der Waals surface area contributed by atoms with E-state index in [9.17, 15) is 4.79 Å². The van der Waals surface area contributed by atoms with Crippen LogP contribution in [0.15, 0.2) is 46.6 Å². The molecule has 2 heterocycles. The van der Waals surface area contributed by atoms with E-state index < -0.39 is 0 Å². The molecule has 26 heavy (non-hydrogen) atoms. The summed E-state index contributed by atoms with van der Waals surface area (Å²) >= 11 is 1.56. The van der Waals surface area contributed by atoms with E-state index in [-0.39, 0.29) is 5.56 Å². The van der Waals surface area contributed by atoms with Crippen LogP contribution in [0.25, 0.3) is 10.2 Å². The Labute approximate surface area is 157 Å². The molecule has 0 aliphatic carbocycles. The first-order chi connectivity index (χ1) is 12.7. The number of thiophene rings is 1. The molecule has 0 aliphatic heterocycles. The number of aryl methyl sites for hydroxylation is 1. The predicted molar refractivity (Wildman–Crippen MR) is 108 cm³/mol. The smallest absolute Gasteiger partial charge is 0.282 e. The minimum absolute atomic E-state index is 0.141. The van der Waals surface area contributed by atoms with E-state index in [0.717, 1.165) is 40.5 Å². The van der Waals surface area contributed by atoms with Crippen molar-refractivity contribution in [2.24, 2.45) is 5.10 Å². The largest absolute Gasteiger partial charge is 0.494 e. The molecule has 0 atom stereocenters. The Morgan fingerprint density at radius 3 is 2.77 bits per heavy atom. The van der Waals surface area contributed by atoms with E-state index in [0.29, 0.717) is 5.39 Å². The van der Waals surface area contributed by atoms with Gasteiger partial charge >= 0.3 is 0 Å². The molecule has 0 fully saturated rings. The summed E-state index contributed by atoms with van der Waals surface area (Å²) in [4.78, 5) is 18.8. The van der Waals surface area contributed by atoms with Gasteiger partial charge in [-0.1, -0.05) is 26.7 Å². The van der Waals surface area contributed by atoms with Crippen LogP contribution in [0.3, 0.4) is 0 Å². The van der Waals surface area contributed by atoms with Crippen LogP contribution in [-0.4, -0.2) is 22.5 Å². The van der Waals surface area contributed by atoms with Crippen LogP contribution < -0.4 is 10.3 Å². The summed E-state index contributed by atoms with van der Waals surface area (Å²) in [6, 6.07) is 9.60. The Hall–Kier alpha value is -2.47. The highest BCUT2D eigenvalue weighted by atomic mass is 32.1. The van der Waals surface area contributed by atoms with Gasteiger partial charge in [-0.3, -0.25) is 4.79 Å². The molecule has 0 amide bonds. The summed E-state index contributed by atoms with van der Waals surface area (Å²) in [5, 5.41) is 4.89. The van der Waals surface area contributed by atoms with Crippen molar-refractivity contribution < 1.29 is 4.74 Å². The summed E-state index contributed by atoms with van der Waals surface area (Å²) in [7, 11) is 0. The molecule has 0 radical (unpaired) electrons. The van der Waals surface area contributed by atoms with E-state index in [4.69, 9.17) is 4.74 Å². The van der Waals surface area contributed by atoms with E-state index >= 15 is 0 Å². The standard InChI is InChI=1S/C20H23N3O2S/c1-3-5-6-11-25-16-9-7-15(8-10-16)13-22-23-14-21-19-18(20(23)24)12-17(4-2)26-19/h7-10,12-14H,3-6,11H2,1-2H3/b22-13-. The van der Waals surface area contributed by atoms with Gasteiger partial charge in [-0.2, -0.15) is 9.78 Å². The molecular weight excluding hydrogens is 346 g/mol. The first kappa shape index (κ1) is 18.3. The lowest BCUT2D eigenvalue weighted by molar-refractivity contribution is 0.306. The SMILES string of the molecule is CCCCCOc1ccc(/C=N\n2cnc3sc(CC)cc3c2=O)cc1. The zero-order chi connectivity index (χ0) is 18.4. The highest BCUT2D eigenvalue weighted by Gasteiger charge is 2.07. The molecule has 0 aliphatic rings. The lowest BCUT2D eigenvalue weighted by Crippen LogP contribution is -2.16. The molecule has 0 N–H and O–H groups in total. The maximum Gasteiger partial charge on any atom is 0.282 e. The number of fused-ring (bicyclic) bond motifs is 1. The van der Waals surface area contributed by atoms with Crippen LogP contribution in [0.2, 0.25) is 0 Å². The lowest BCUT2D eigenvalue weighted by Gasteiger charge is -2.05. The second kappa shape index (κ2) is 8.76. The quantitative estimate of drug-likeness (QED) is 0.435. The molecule has 2 aromatic heterocycles. The third kappa shape index (κ3) is 4.38. The van der Waals surface area contributed by atoms with Gasteiger partial charge < -0.3 is 4.74 Å². The van der Waals surface area contributed by atoms with Crippen molar-refractivity contribution in [2.75, 3.05) is 6.61 Å². The van der Waals surface area contributed by atoms with Gasteiger partial charge in [0.25, 0.3) is 5.56 Å². The molecule has 0 saturated carbocycles. The minimum atomic E-state index is -0.141. The van der Waals surface area contributed by atoms with Gasteiger partial charge in [-0.05, 0) is 48.7 Å². The van der Waals surface area contributed by atoms with Crippen molar-refractivity contribution in [3.8, 4) is 5.75 Å². The van der Waals surface area contributed by atoms with Gasteiger partial charge in [0.05, 0.1) is 18.2 Å². The van der Waals surface area contributed by atoms with Gasteiger partial charge in [0.15, 0.2) is 0 Å². The fourth-order valence-electron chi connectivity index (χ4n) is 2.54. The summed E-state index contributed by atoms with van der Waals surface area (Å²) in [5.74, 6) is 0.851. The highest BCUT2D eigenvalue weighted by Crippen LogP contribution is 2.21. The summed E-state index contributed by atoms with van der Waals surface area (Å²) in [6.45, 7) is 4.98. The van der Waals surface area contributed by atoms with Crippen LogP contribution in [-0.2, 0) is 6.42 Å². The predicted octanol–water partition coefficient (Wildman–Crippen LogP) is 4.47. The molecular formula is C20H23N3O2S. The van der Waals surface area contributed by atoms with Crippen LogP contribution in [0.5, 0.6) is 5.75 Å². The van der Waals surface area contributed by atoms with Gasteiger partial charge in [0.2, 0.25) is 0 Å². The Bertz CT molecular complexity index is 942. The molecule has 0 saturated heterocycles. The molecule has 0 spiro atoms. The number of aromatic nitrogens is 2. The third-order valence-electron chi connectivity index (χ3n) is 4.06. The van der Waals surface area contributed by atoms with E-state index in [1.165, 1.54) is 23.8 Å². The molecule has 6 heteroatoms. The Kier molecular flexibility index (Phi) is 6.17. The fourth-order valence-corrected chi connectivity index (χ4v) is 3.47. The van der Waals surface area contributed by atoms with Gasteiger partial charge in [-0.25, -0.2) is 4.98 Å². The van der Waals surface area contributed by atoms with Crippen LogP contribution >= 0.6 is 11.3 Å². The van der Waals surface area contributed by atoms with Crippen molar-refractivity contribution >= 4 is 27.8 Å². The van der Waals surface area contributed by atoms with E-state index in [2.05, 4.69) is 23.9 Å². The molecule has 3 rings (SSSR count). The molecule has 0 unspecified atom stereocenters.